The van der Waals surface area contributed by atoms with Crippen molar-refractivity contribution in [2.75, 3.05) is 5.73 Å². The molecule has 47 heavy (non-hydrogen) atoms. The van der Waals surface area contributed by atoms with Crippen LogP contribution >= 0.6 is 0 Å². The Morgan fingerprint density at radius 1 is 0.638 bits per heavy atom. The maximum atomic E-state index is 12.0. The highest BCUT2D eigenvalue weighted by atomic mass is 32.2. The average Bonchev–Trinajstić information content (AvgIpc) is 2.98. The third-order valence-electron chi connectivity index (χ3n) is 6.59. The Morgan fingerprint density at radius 3 is 1.83 bits per heavy atom. The number of aromatic hydroxyl groups is 1. The zero-order valence-electron chi connectivity index (χ0n) is 23.0. The number of anilines is 1. The monoisotopic (exact) mass is 702 g/mol. The Balaban J connectivity index is 1.68. The van der Waals surface area contributed by atoms with E-state index in [1.165, 1.54) is 42.5 Å². The Labute approximate surface area is 263 Å². The van der Waals surface area contributed by atoms with E-state index in [2.05, 4.69) is 20.5 Å². The number of nitrogens with two attached hydrogens (primary N) is 1. The normalized spacial score (nSPS) is 12.8. The average molecular weight is 703 g/mol. The van der Waals surface area contributed by atoms with E-state index in [-0.39, 0.29) is 33.5 Å². The number of rotatable bonds is 8. The molecule has 0 aliphatic carbocycles. The number of hydrogen-bond acceptors (Lipinski definition) is 14. The molecule has 0 amide bonds. The minimum Gasteiger partial charge on any atom is -0.505 e. The number of nitro benzene ring substituents is 1. The van der Waals surface area contributed by atoms with E-state index < -0.39 is 77.9 Å². The summed E-state index contributed by atoms with van der Waals surface area (Å²) in [7, 11) is -15.0. The zero-order chi connectivity index (χ0) is 34.5. The Bertz CT molecular complexity index is 2550. The number of nitrogens with zero attached hydrogens (tertiary/aromatic N) is 5. The Kier molecular flexibility index (Phi) is 8.21. The second-order valence-electron chi connectivity index (χ2n) is 9.56. The van der Waals surface area contributed by atoms with Crippen molar-refractivity contribution in [3.05, 3.63) is 82.9 Å². The molecule has 0 aromatic heterocycles. The zero-order valence-corrected chi connectivity index (χ0v) is 25.5. The highest BCUT2D eigenvalue weighted by Crippen LogP contribution is 2.44. The third kappa shape index (κ3) is 6.60. The van der Waals surface area contributed by atoms with E-state index >= 15 is 0 Å². The van der Waals surface area contributed by atoms with Gasteiger partial charge in [-0.15, -0.1) is 15.3 Å². The molecule has 5 aromatic carbocycles. The number of nitro groups is 1. The molecule has 0 saturated heterocycles. The molecular formula is C26H18N6O12S3. The van der Waals surface area contributed by atoms with Gasteiger partial charge in [-0.3, -0.25) is 23.8 Å². The van der Waals surface area contributed by atoms with Crippen LogP contribution in [-0.4, -0.2) is 48.9 Å². The summed E-state index contributed by atoms with van der Waals surface area (Å²) in [5.74, 6) is -0.899. The van der Waals surface area contributed by atoms with Crippen LogP contribution in [-0.2, 0) is 30.4 Å². The van der Waals surface area contributed by atoms with Crippen molar-refractivity contribution in [3.8, 4) is 5.75 Å². The fraction of sp³-hybridized carbons (Fsp3) is 0. The molecule has 0 unspecified atom stereocenters. The number of phenols is 1. The SMILES string of the molecule is Nc1c(S(=O)(=O)O)cc(S(=O)(=O)O)c2ccc(/N=N/c3ccc(/N=N/c4cccc([N+](=O)[O-])c4)c4ccc(S(=O)(=O)O)cc34)c(O)c12. The van der Waals surface area contributed by atoms with E-state index in [1.54, 1.807) is 0 Å². The number of azo groups is 2. The van der Waals surface area contributed by atoms with Crippen molar-refractivity contribution in [1.29, 1.82) is 0 Å². The molecule has 0 saturated carbocycles. The summed E-state index contributed by atoms with van der Waals surface area (Å²) in [5.41, 5.74) is 4.65. The van der Waals surface area contributed by atoms with Gasteiger partial charge in [0.2, 0.25) is 0 Å². The van der Waals surface area contributed by atoms with Gasteiger partial charge in [0.1, 0.15) is 15.5 Å². The van der Waals surface area contributed by atoms with E-state index in [0.29, 0.717) is 6.07 Å². The second kappa shape index (κ2) is 11.7. The van der Waals surface area contributed by atoms with Crippen LogP contribution in [0.2, 0.25) is 0 Å². The lowest BCUT2D eigenvalue weighted by Gasteiger charge is -2.13. The maximum absolute atomic E-state index is 12.0. The fourth-order valence-corrected chi connectivity index (χ4v) is 6.43. The summed E-state index contributed by atoms with van der Waals surface area (Å²) in [6.45, 7) is 0. The van der Waals surface area contributed by atoms with E-state index in [1.807, 2.05) is 0 Å². The lowest BCUT2D eigenvalue weighted by Crippen LogP contribution is -2.08. The molecule has 0 heterocycles. The highest BCUT2D eigenvalue weighted by Gasteiger charge is 2.26. The minimum atomic E-state index is -5.15. The molecule has 6 N–H and O–H groups in total. The van der Waals surface area contributed by atoms with Crippen molar-refractivity contribution in [2.45, 2.75) is 14.7 Å². The van der Waals surface area contributed by atoms with E-state index in [9.17, 15) is 54.1 Å². The van der Waals surface area contributed by atoms with Crippen LogP contribution in [0.1, 0.15) is 0 Å². The Hall–Kier alpha value is -5.45. The van der Waals surface area contributed by atoms with Crippen LogP contribution in [0.4, 0.5) is 34.1 Å². The first-order valence-corrected chi connectivity index (χ1v) is 16.8. The van der Waals surface area contributed by atoms with Crippen molar-refractivity contribution >= 4 is 86.0 Å². The Morgan fingerprint density at radius 2 is 1.21 bits per heavy atom. The molecule has 18 nitrogen and oxygen atoms in total. The van der Waals surface area contributed by atoms with Gasteiger partial charge in [0.25, 0.3) is 36.0 Å². The lowest BCUT2D eigenvalue weighted by atomic mass is 10.1. The molecule has 0 bridgehead atoms. The van der Waals surface area contributed by atoms with Crippen molar-refractivity contribution in [1.82, 2.24) is 0 Å². The largest absolute Gasteiger partial charge is 0.505 e. The standard InChI is InChI=1S/C26H18N6O12S3/c27-25-23(47(42,43)44)12-22(46(39,40)41)17-6-7-21(26(33)24(17)25)31-30-20-9-8-19(16-5-4-15(11-18(16)20)45(36,37)38)29-28-13-2-1-3-14(10-13)32(34)35/h1-12,33H,27H2,(H,36,37,38)(H,39,40,41)(H,42,43,44)/b29-28+,31-30+. The lowest BCUT2D eigenvalue weighted by molar-refractivity contribution is -0.384. The van der Waals surface area contributed by atoms with Crippen LogP contribution < -0.4 is 5.73 Å². The fourth-order valence-electron chi connectivity index (χ4n) is 4.48. The summed E-state index contributed by atoms with van der Waals surface area (Å²) in [4.78, 5) is 7.81. The first-order chi connectivity index (χ1) is 21.9. The molecule has 5 aromatic rings. The quantitative estimate of drug-likeness (QED) is 0.0423. The number of fused-ring (bicyclic) bond motifs is 2. The molecule has 0 aliphatic rings. The number of non-ortho nitro benzene ring substituents is 1. The number of nitrogen functional groups attached to an aromatic ring is 1. The molecule has 0 atom stereocenters. The molecule has 0 fully saturated rings. The van der Waals surface area contributed by atoms with Gasteiger partial charge in [-0.1, -0.05) is 18.2 Å². The molecule has 0 spiro atoms. The molecular weight excluding hydrogens is 685 g/mol. The van der Waals surface area contributed by atoms with E-state index in [0.717, 1.165) is 24.3 Å². The molecule has 21 heteroatoms. The highest BCUT2D eigenvalue weighted by molar-refractivity contribution is 7.87. The van der Waals surface area contributed by atoms with Crippen molar-refractivity contribution in [2.24, 2.45) is 20.5 Å². The maximum Gasteiger partial charge on any atom is 0.296 e. The summed E-state index contributed by atoms with van der Waals surface area (Å²) >= 11 is 0. The summed E-state index contributed by atoms with van der Waals surface area (Å²) in [6.07, 6.45) is 0. The summed E-state index contributed by atoms with van der Waals surface area (Å²) < 4.78 is 100. The van der Waals surface area contributed by atoms with Gasteiger partial charge in [0, 0.05) is 28.3 Å². The molecule has 0 radical (unpaired) electrons. The van der Waals surface area contributed by atoms with Crippen LogP contribution in [0.15, 0.2) is 108 Å². The van der Waals surface area contributed by atoms with Gasteiger partial charge in [-0.2, -0.15) is 30.4 Å². The van der Waals surface area contributed by atoms with E-state index in [4.69, 9.17) is 5.73 Å². The first-order valence-electron chi connectivity index (χ1n) is 12.5. The minimum absolute atomic E-state index is 0.0430. The second-order valence-corrected chi connectivity index (χ2v) is 13.8. The van der Waals surface area contributed by atoms with Crippen LogP contribution in [0.3, 0.4) is 0 Å². The van der Waals surface area contributed by atoms with Gasteiger partial charge < -0.3 is 10.8 Å². The predicted octanol–water partition coefficient (Wildman–Crippen LogP) is 5.76. The van der Waals surface area contributed by atoms with Gasteiger partial charge in [0.05, 0.1) is 38.0 Å². The smallest absolute Gasteiger partial charge is 0.296 e. The van der Waals surface area contributed by atoms with Crippen molar-refractivity contribution < 1.29 is 48.9 Å². The number of benzene rings is 5. The van der Waals surface area contributed by atoms with Gasteiger partial charge in [0.15, 0.2) is 5.75 Å². The molecule has 242 valence electrons. The van der Waals surface area contributed by atoms with Gasteiger partial charge >= 0.3 is 0 Å². The van der Waals surface area contributed by atoms with Gasteiger partial charge in [-0.05, 0) is 42.5 Å². The molecule has 0 aliphatic heterocycles. The number of hydrogen-bond donors (Lipinski definition) is 5. The number of phenolic OH excluding ortho intramolecular Hbond substituents is 1. The molecule has 5 rings (SSSR count). The summed E-state index contributed by atoms with van der Waals surface area (Å²) in [5, 5.41) is 37.3. The van der Waals surface area contributed by atoms with Crippen molar-refractivity contribution in [3.63, 3.8) is 0 Å². The topological polar surface area (TPSA) is 302 Å². The third-order valence-corrected chi connectivity index (χ3v) is 9.23. The van der Waals surface area contributed by atoms with Crippen LogP contribution in [0, 0.1) is 10.1 Å². The van der Waals surface area contributed by atoms with Crippen LogP contribution in [0.5, 0.6) is 5.75 Å². The van der Waals surface area contributed by atoms with Crippen LogP contribution in [0.25, 0.3) is 21.5 Å². The van der Waals surface area contributed by atoms with Gasteiger partial charge in [-0.25, -0.2) is 0 Å². The predicted molar refractivity (Wildman–Crippen MR) is 165 cm³/mol. The summed E-state index contributed by atoms with van der Waals surface area (Å²) in [6, 6.07) is 13.9. The first kappa shape index (κ1) is 32.9.